The summed E-state index contributed by atoms with van der Waals surface area (Å²) in [5, 5.41) is 9.72. The highest BCUT2D eigenvalue weighted by Gasteiger charge is 2.23. The lowest BCUT2D eigenvalue weighted by atomic mass is 9.99. The van der Waals surface area contributed by atoms with Gasteiger partial charge in [0.15, 0.2) is 0 Å². The van der Waals surface area contributed by atoms with Crippen molar-refractivity contribution in [2.45, 2.75) is 18.9 Å². The van der Waals surface area contributed by atoms with Crippen LogP contribution in [0.4, 0.5) is 0 Å². The van der Waals surface area contributed by atoms with Crippen molar-refractivity contribution >= 4 is 0 Å². The van der Waals surface area contributed by atoms with Gasteiger partial charge < -0.3 is 9.84 Å². The summed E-state index contributed by atoms with van der Waals surface area (Å²) in [5.41, 5.74) is 1.85. The zero-order valence-electron chi connectivity index (χ0n) is 9.34. The minimum Gasteiger partial charge on any atom is -0.508 e. The molecule has 0 saturated heterocycles. The highest BCUT2D eigenvalue weighted by Crippen LogP contribution is 2.38. The first-order chi connectivity index (χ1) is 8.34. The lowest BCUT2D eigenvalue weighted by molar-refractivity contribution is 0.170. The summed E-state index contributed by atoms with van der Waals surface area (Å²) < 4.78 is 5.88. The second kappa shape index (κ2) is 4.09. The maximum absolute atomic E-state index is 9.72. The molecule has 17 heavy (non-hydrogen) atoms. The monoisotopic (exact) mass is 227 g/mol. The van der Waals surface area contributed by atoms with Crippen LogP contribution in [0.2, 0.25) is 0 Å². The number of phenols is 1. The zero-order chi connectivity index (χ0) is 11.7. The van der Waals surface area contributed by atoms with Gasteiger partial charge in [-0.15, -0.1) is 0 Å². The smallest absolute Gasteiger partial charge is 0.141 e. The molecule has 2 aromatic rings. The van der Waals surface area contributed by atoms with Crippen molar-refractivity contribution in [2.24, 2.45) is 0 Å². The molecule has 1 N–H and O–H groups in total. The van der Waals surface area contributed by atoms with Gasteiger partial charge in [-0.05, 0) is 37.1 Å². The van der Waals surface area contributed by atoms with Crippen molar-refractivity contribution < 1.29 is 9.84 Å². The van der Waals surface area contributed by atoms with Gasteiger partial charge in [-0.3, -0.25) is 4.98 Å². The van der Waals surface area contributed by atoms with E-state index in [9.17, 15) is 5.11 Å². The van der Waals surface area contributed by atoms with Crippen LogP contribution in [-0.2, 0) is 6.42 Å². The van der Waals surface area contributed by atoms with Gasteiger partial charge in [0.2, 0.25) is 0 Å². The third kappa shape index (κ3) is 1.84. The summed E-state index contributed by atoms with van der Waals surface area (Å²) in [4.78, 5) is 4.31. The first-order valence-corrected chi connectivity index (χ1v) is 5.73. The minimum atomic E-state index is -0.00880. The van der Waals surface area contributed by atoms with E-state index in [1.165, 1.54) is 0 Å². The van der Waals surface area contributed by atoms with Gasteiger partial charge >= 0.3 is 0 Å². The molecule has 1 atom stereocenters. The van der Waals surface area contributed by atoms with Crippen molar-refractivity contribution in [1.82, 2.24) is 4.98 Å². The van der Waals surface area contributed by atoms with Crippen LogP contribution in [0, 0.1) is 0 Å². The second-order valence-corrected chi connectivity index (χ2v) is 4.15. The molecule has 1 aromatic carbocycles. The van der Waals surface area contributed by atoms with Crippen LogP contribution in [0.25, 0.3) is 0 Å². The van der Waals surface area contributed by atoms with Crippen LogP contribution >= 0.6 is 0 Å². The molecule has 0 aliphatic carbocycles. The van der Waals surface area contributed by atoms with Crippen molar-refractivity contribution in [1.29, 1.82) is 0 Å². The predicted octanol–water partition coefficient (Wildman–Crippen LogP) is 2.85. The van der Waals surface area contributed by atoms with Crippen molar-refractivity contribution in [3.05, 3.63) is 53.9 Å². The van der Waals surface area contributed by atoms with Gasteiger partial charge in [-0.2, -0.15) is 0 Å². The molecule has 1 aliphatic heterocycles. The molecule has 1 aromatic heterocycles. The van der Waals surface area contributed by atoms with E-state index in [-0.39, 0.29) is 6.10 Å². The Balaban J connectivity index is 1.91. The van der Waals surface area contributed by atoms with Crippen molar-refractivity contribution in [2.75, 3.05) is 0 Å². The number of aromatic hydroxyl groups is 1. The van der Waals surface area contributed by atoms with Crippen LogP contribution in [0.5, 0.6) is 11.5 Å². The number of rotatable bonds is 1. The number of hydrogen-bond donors (Lipinski definition) is 1. The van der Waals surface area contributed by atoms with Gasteiger partial charge in [0, 0.05) is 11.8 Å². The SMILES string of the molecule is Oc1cccc2c1CC[C@@H](c1ccccn1)O2. The van der Waals surface area contributed by atoms with E-state index in [2.05, 4.69) is 4.98 Å². The quantitative estimate of drug-likeness (QED) is 0.814. The lowest BCUT2D eigenvalue weighted by Gasteiger charge is -2.26. The summed E-state index contributed by atoms with van der Waals surface area (Å²) in [7, 11) is 0. The van der Waals surface area contributed by atoms with Gasteiger partial charge in [0.25, 0.3) is 0 Å². The van der Waals surface area contributed by atoms with Crippen LogP contribution in [0.15, 0.2) is 42.6 Å². The number of hydrogen-bond acceptors (Lipinski definition) is 3. The molecule has 0 radical (unpaired) electrons. The lowest BCUT2D eigenvalue weighted by Crippen LogP contribution is -2.16. The molecule has 0 bridgehead atoms. The van der Waals surface area contributed by atoms with E-state index < -0.39 is 0 Å². The predicted molar refractivity (Wildman–Crippen MR) is 64.0 cm³/mol. The molecule has 0 unspecified atom stereocenters. The molecule has 0 spiro atoms. The number of fused-ring (bicyclic) bond motifs is 1. The molecule has 3 nitrogen and oxygen atoms in total. The summed E-state index contributed by atoms with van der Waals surface area (Å²) in [5.74, 6) is 1.09. The topological polar surface area (TPSA) is 42.4 Å². The molecule has 86 valence electrons. The zero-order valence-corrected chi connectivity index (χ0v) is 9.34. The third-order valence-electron chi connectivity index (χ3n) is 3.05. The molecule has 0 fully saturated rings. The van der Waals surface area contributed by atoms with Crippen LogP contribution < -0.4 is 4.74 Å². The Labute approximate surface area is 99.7 Å². The van der Waals surface area contributed by atoms with Gasteiger partial charge in [0.1, 0.15) is 17.6 Å². The molecule has 3 rings (SSSR count). The molecule has 3 heteroatoms. The maximum Gasteiger partial charge on any atom is 0.141 e. The second-order valence-electron chi connectivity index (χ2n) is 4.15. The summed E-state index contributed by atoms with van der Waals surface area (Å²) in [6.07, 6.45) is 3.44. The van der Waals surface area contributed by atoms with Gasteiger partial charge in [-0.1, -0.05) is 12.1 Å². The van der Waals surface area contributed by atoms with E-state index in [1.807, 2.05) is 24.3 Å². The fourth-order valence-electron chi connectivity index (χ4n) is 2.18. The maximum atomic E-state index is 9.72. The number of ether oxygens (including phenoxy) is 1. The normalized spacial score (nSPS) is 18.2. The van der Waals surface area contributed by atoms with Crippen LogP contribution in [0.1, 0.15) is 23.8 Å². The summed E-state index contributed by atoms with van der Waals surface area (Å²) >= 11 is 0. The molecule has 2 heterocycles. The van der Waals surface area contributed by atoms with E-state index >= 15 is 0 Å². The Morgan fingerprint density at radius 1 is 1.18 bits per heavy atom. The number of aromatic nitrogens is 1. The third-order valence-corrected chi connectivity index (χ3v) is 3.05. The molecular weight excluding hydrogens is 214 g/mol. The van der Waals surface area contributed by atoms with Crippen molar-refractivity contribution in [3.63, 3.8) is 0 Å². The molecule has 0 saturated carbocycles. The molecular formula is C14H13NO2. The van der Waals surface area contributed by atoms with E-state index in [0.717, 1.165) is 29.8 Å². The minimum absolute atomic E-state index is 0.00880. The number of phenolic OH excluding ortho intramolecular Hbond substituents is 1. The first kappa shape index (κ1) is 10.1. The highest BCUT2D eigenvalue weighted by atomic mass is 16.5. The number of pyridine rings is 1. The highest BCUT2D eigenvalue weighted by molar-refractivity contribution is 5.45. The van der Waals surface area contributed by atoms with E-state index in [0.29, 0.717) is 5.75 Å². The van der Waals surface area contributed by atoms with E-state index in [4.69, 9.17) is 4.74 Å². The van der Waals surface area contributed by atoms with Crippen LogP contribution in [0.3, 0.4) is 0 Å². The average molecular weight is 227 g/mol. The Hall–Kier alpha value is -2.03. The van der Waals surface area contributed by atoms with Gasteiger partial charge in [0.05, 0.1) is 5.69 Å². The summed E-state index contributed by atoms with van der Waals surface area (Å²) in [6.45, 7) is 0. The fraction of sp³-hybridized carbons (Fsp3) is 0.214. The average Bonchev–Trinajstić information content (AvgIpc) is 2.40. The Morgan fingerprint density at radius 2 is 2.12 bits per heavy atom. The molecule has 1 aliphatic rings. The molecule has 0 amide bonds. The Bertz CT molecular complexity index is 525. The van der Waals surface area contributed by atoms with Gasteiger partial charge in [-0.25, -0.2) is 0 Å². The standard InChI is InChI=1S/C14H13NO2/c16-12-5-3-6-13-10(12)7-8-14(17-13)11-4-1-2-9-15-11/h1-6,9,14,16H,7-8H2/t14-/m0/s1. The fourth-order valence-corrected chi connectivity index (χ4v) is 2.18. The Kier molecular flexibility index (Phi) is 2.44. The first-order valence-electron chi connectivity index (χ1n) is 5.73. The number of nitrogens with zero attached hydrogens (tertiary/aromatic N) is 1. The summed E-state index contributed by atoms with van der Waals surface area (Å²) in [6, 6.07) is 11.2. The Morgan fingerprint density at radius 3 is 2.94 bits per heavy atom. The van der Waals surface area contributed by atoms with E-state index in [1.54, 1.807) is 18.3 Å². The van der Waals surface area contributed by atoms with Crippen LogP contribution in [-0.4, -0.2) is 10.1 Å². The van der Waals surface area contributed by atoms with Crippen molar-refractivity contribution in [3.8, 4) is 11.5 Å². The largest absolute Gasteiger partial charge is 0.508 e. The number of benzene rings is 1.